The zero-order chi connectivity index (χ0) is 20.5. The molecule has 150 valence electrons. The normalized spacial score (nSPS) is 10.4. The number of para-hydroxylation sites is 1. The Hall–Kier alpha value is -2.90. The summed E-state index contributed by atoms with van der Waals surface area (Å²) in [6, 6.07) is 18.2. The number of ether oxygens (including phenoxy) is 3. The van der Waals surface area contributed by atoms with Crippen molar-refractivity contribution in [3.05, 3.63) is 82.5 Å². The zero-order valence-corrected chi connectivity index (χ0v) is 17.5. The first-order valence-corrected chi connectivity index (χ1v) is 9.82. The molecule has 0 saturated carbocycles. The number of nitrogens with one attached hydrogen (secondary N) is 1. The molecule has 1 heterocycles. The minimum absolute atomic E-state index is 0.226. The Balaban J connectivity index is 1.61. The first-order chi connectivity index (χ1) is 14.2. The topological polar surface area (TPSA) is 69.7 Å². The molecule has 7 heteroatoms. The summed E-state index contributed by atoms with van der Waals surface area (Å²) >= 11 is 3.42. The lowest BCUT2D eigenvalue weighted by Gasteiger charge is -2.12. The third kappa shape index (κ3) is 6.30. The molecule has 0 unspecified atom stereocenters. The number of halogens is 1. The Morgan fingerprint density at radius 2 is 1.93 bits per heavy atom. The van der Waals surface area contributed by atoms with Crippen LogP contribution in [0, 0.1) is 0 Å². The van der Waals surface area contributed by atoms with E-state index in [0.717, 1.165) is 10.0 Å². The smallest absolute Gasteiger partial charge is 0.255 e. The number of methoxy groups -OCH3 is 1. The van der Waals surface area contributed by atoms with Crippen molar-refractivity contribution >= 4 is 21.8 Å². The third-order valence-electron chi connectivity index (χ3n) is 3.94. The van der Waals surface area contributed by atoms with E-state index in [1.807, 2.05) is 36.4 Å². The number of rotatable bonds is 9. The van der Waals surface area contributed by atoms with Gasteiger partial charge in [-0.25, -0.2) is 4.98 Å². The van der Waals surface area contributed by atoms with Gasteiger partial charge in [-0.15, -0.1) is 0 Å². The average Bonchev–Trinajstić information content (AvgIpc) is 2.73. The molecule has 1 N–H and O–H groups in total. The van der Waals surface area contributed by atoms with Crippen LogP contribution in [-0.4, -0.2) is 31.2 Å². The van der Waals surface area contributed by atoms with Gasteiger partial charge in [-0.1, -0.05) is 40.2 Å². The van der Waals surface area contributed by atoms with Gasteiger partial charge in [0.25, 0.3) is 5.91 Å². The number of aromatic nitrogens is 1. The van der Waals surface area contributed by atoms with Gasteiger partial charge in [-0.2, -0.15) is 0 Å². The molecule has 0 radical (unpaired) electrons. The van der Waals surface area contributed by atoms with Crippen LogP contribution >= 0.6 is 15.9 Å². The van der Waals surface area contributed by atoms with Crippen molar-refractivity contribution in [2.24, 2.45) is 0 Å². The molecule has 3 rings (SSSR count). The van der Waals surface area contributed by atoms with E-state index in [2.05, 4.69) is 26.2 Å². The molecule has 0 aliphatic carbocycles. The predicted octanol–water partition coefficient (Wildman–Crippen LogP) is 4.59. The molecule has 29 heavy (non-hydrogen) atoms. The summed E-state index contributed by atoms with van der Waals surface area (Å²) in [5.74, 6) is 1.43. The largest absolute Gasteiger partial charge is 0.475 e. The highest BCUT2D eigenvalue weighted by Crippen LogP contribution is 2.27. The molecule has 1 aromatic heterocycles. The van der Waals surface area contributed by atoms with Crippen LogP contribution in [0.5, 0.6) is 17.4 Å². The van der Waals surface area contributed by atoms with E-state index in [-0.39, 0.29) is 5.91 Å². The minimum atomic E-state index is -0.226. The van der Waals surface area contributed by atoms with Crippen LogP contribution < -0.4 is 14.8 Å². The molecule has 1 amide bonds. The number of nitrogens with zero attached hydrogens (tertiary/aromatic N) is 1. The second-order valence-corrected chi connectivity index (χ2v) is 7.00. The van der Waals surface area contributed by atoms with Crippen LogP contribution in [0.4, 0.5) is 0 Å². The van der Waals surface area contributed by atoms with Gasteiger partial charge in [0.05, 0.1) is 12.2 Å². The molecule has 2 aromatic carbocycles. The summed E-state index contributed by atoms with van der Waals surface area (Å²) in [5, 5.41) is 2.90. The first kappa shape index (κ1) is 20.8. The Labute approximate surface area is 178 Å². The van der Waals surface area contributed by atoms with E-state index in [1.165, 1.54) is 0 Å². The summed E-state index contributed by atoms with van der Waals surface area (Å²) < 4.78 is 17.2. The molecular formula is C22H21BrN2O4. The van der Waals surface area contributed by atoms with Crippen molar-refractivity contribution < 1.29 is 19.0 Å². The molecule has 0 saturated heterocycles. The van der Waals surface area contributed by atoms with Crippen LogP contribution in [-0.2, 0) is 11.3 Å². The maximum atomic E-state index is 12.7. The molecule has 0 atom stereocenters. The highest BCUT2D eigenvalue weighted by Gasteiger charge is 2.13. The average molecular weight is 457 g/mol. The number of carbonyl (C=O) groups is 1. The Bertz CT molecular complexity index is 948. The number of pyridine rings is 1. The summed E-state index contributed by atoms with van der Waals surface area (Å²) in [4.78, 5) is 16.9. The molecule has 3 aromatic rings. The SMILES string of the molecule is COCCOc1ccc(CNC(=O)c2ccccc2Oc2cccc(Br)c2)cn1. The van der Waals surface area contributed by atoms with Crippen LogP contribution in [0.2, 0.25) is 0 Å². The standard InChI is InChI=1S/C22H21BrN2O4/c1-27-11-12-28-21-10-9-16(14-24-21)15-25-22(26)19-7-2-3-8-20(19)29-18-6-4-5-17(23)13-18/h2-10,13-14H,11-12,15H2,1H3,(H,25,26). The summed E-state index contributed by atoms with van der Waals surface area (Å²) in [5.41, 5.74) is 1.32. The second-order valence-electron chi connectivity index (χ2n) is 6.08. The third-order valence-corrected chi connectivity index (χ3v) is 4.44. The first-order valence-electron chi connectivity index (χ1n) is 9.03. The Morgan fingerprint density at radius 3 is 2.69 bits per heavy atom. The van der Waals surface area contributed by atoms with Gasteiger partial charge in [0, 0.05) is 30.4 Å². The maximum absolute atomic E-state index is 12.7. The highest BCUT2D eigenvalue weighted by molar-refractivity contribution is 9.10. The van der Waals surface area contributed by atoms with E-state index < -0.39 is 0 Å². The van der Waals surface area contributed by atoms with E-state index in [9.17, 15) is 4.79 Å². The lowest BCUT2D eigenvalue weighted by atomic mass is 10.2. The molecule has 0 aliphatic heterocycles. The molecule has 0 aliphatic rings. The number of carbonyl (C=O) groups excluding carboxylic acids is 1. The monoisotopic (exact) mass is 456 g/mol. The van der Waals surface area contributed by atoms with Gasteiger partial charge in [0.15, 0.2) is 0 Å². The number of hydrogen-bond acceptors (Lipinski definition) is 5. The van der Waals surface area contributed by atoms with E-state index in [0.29, 0.717) is 42.7 Å². The fourth-order valence-corrected chi connectivity index (χ4v) is 2.89. The Morgan fingerprint density at radius 1 is 1.07 bits per heavy atom. The zero-order valence-electron chi connectivity index (χ0n) is 15.9. The van der Waals surface area contributed by atoms with Crippen LogP contribution in [0.25, 0.3) is 0 Å². The van der Waals surface area contributed by atoms with Crippen LogP contribution in [0.15, 0.2) is 71.3 Å². The van der Waals surface area contributed by atoms with Crippen molar-refractivity contribution in [2.45, 2.75) is 6.54 Å². The molecule has 0 spiro atoms. The van der Waals surface area contributed by atoms with Crippen molar-refractivity contribution in [1.29, 1.82) is 0 Å². The van der Waals surface area contributed by atoms with Gasteiger partial charge in [-0.3, -0.25) is 4.79 Å². The van der Waals surface area contributed by atoms with E-state index in [4.69, 9.17) is 14.2 Å². The molecular weight excluding hydrogens is 436 g/mol. The van der Waals surface area contributed by atoms with Crippen molar-refractivity contribution in [2.75, 3.05) is 20.3 Å². The molecule has 0 fully saturated rings. The highest BCUT2D eigenvalue weighted by atomic mass is 79.9. The van der Waals surface area contributed by atoms with Gasteiger partial charge < -0.3 is 19.5 Å². The number of benzene rings is 2. The molecule has 6 nitrogen and oxygen atoms in total. The van der Waals surface area contributed by atoms with Crippen LogP contribution in [0.1, 0.15) is 15.9 Å². The van der Waals surface area contributed by atoms with Crippen molar-refractivity contribution in [3.63, 3.8) is 0 Å². The number of hydrogen-bond donors (Lipinski definition) is 1. The second kappa shape index (κ2) is 10.6. The van der Waals surface area contributed by atoms with Crippen molar-refractivity contribution in [3.8, 4) is 17.4 Å². The fourth-order valence-electron chi connectivity index (χ4n) is 2.51. The lowest BCUT2D eigenvalue weighted by molar-refractivity contribution is 0.0948. The summed E-state index contributed by atoms with van der Waals surface area (Å²) in [6.45, 7) is 1.28. The van der Waals surface area contributed by atoms with Gasteiger partial charge in [0.1, 0.15) is 18.1 Å². The van der Waals surface area contributed by atoms with E-state index >= 15 is 0 Å². The lowest BCUT2D eigenvalue weighted by Crippen LogP contribution is -2.23. The van der Waals surface area contributed by atoms with Gasteiger partial charge >= 0.3 is 0 Å². The quantitative estimate of drug-likeness (QED) is 0.476. The van der Waals surface area contributed by atoms with E-state index in [1.54, 1.807) is 37.6 Å². The minimum Gasteiger partial charge on any atom is -0.475 e. The van der Waals surface area contributed by atoms with Gasteiger partial charge in [0.2, 0.25) is 5.88 Å². The Kier molecular flexibility index (Phi) is 7.61. The number of amides is 1. The fraction of sp³-hybridized carbons (Fsp3) is 0.182. The predicted molar refractivity (Wildman–Crippen MR) is 113 cm³/mol. The molecule has 0 bridgehead atoms. The summed E-state index contributed by atoms with van der Waals surface area (Å²) in [7, 11) is 1.62. The summed E-state index contributed by atoms with van der Waals surface area (Å²) in [6.07, 6.45) is 1.67. The van der Waals surface area contributed by atoms with Gasteiger partial charge in [-0.05, 0) is 35.9 Å². The van der Waals surface area contributed by atoms with Crippen molar-refractivity contribution in [1.82, 2.24) is 10.3 Å². The maximum Gasteiger partial charge on any atom is 0.255 e. The van der Waals surface area contributed by atoms with Crippen LogP contribution in [0.3, 0.4) is 0 Å².